The summed E-state index contributed by atoms with van der Waals surface area (Å²) < 4.78 is 4.04. The number of rotatable bonds is 5. The number of aliphatic carboxylic acids is 1. The molecule has 0 fully saturated rings. The molecule has 4 aromatic rings. The molecule has 0 saturated carbocycles. The summed E-state index contributed by atoms with van der Waals surface area (Å²) >= 11 is 1.20. The Hall–Kier alpha value is -2.80. The molecule has 0 saturated heterocycles. The summed E-state index contributed by atoms with van der Waals surface area (Å²) in [6.45, 7) is 2.33. The van der Waals surface area contributed by atoms with Crippen molar-refractivity contribution in [3.63, 3.8) is 0 Å². The van der Waals surface area contributed by atoms with E-state index in [0.29, 0.717) is 17.5 Å². The van der Waals surface area contributed by atoms with Crippen molar-refractivity contribution in [3.8, 4) is 0 Å². The molecule has 4 rings (SSSR count). The third kappa shape index (κ3) is 2.76. The van der Waals surface area contributed by atoms with Gasteiger partial charge in [0.2, 0.25) is 5.78 Å². The second kappa shape index (κ2) is 6.25. The maximum atomic E-state index is 11.2. The van der Waals surface area contributed by atoms with Gasteiger partial charge in [0.25, 0.3) is 0 Å². The molecule has 0 spiro atoms. The monoisotopic (exact) mass is 352 g/mol. The lowest BCUT2D eigenvalue weighted by atomic mass is 10.2. The van der Waals surface area contributed by atoms with E-state index < -0.39 is 11.2 Å². The maximum Gasteiger partial charge on any atom is 0.316 e. The van der Waals surface area contributed by atoms with Crippen LogP contribution in [0.5, 0.6) is 0 Å². The molecule has 1 unspecified atom stereocenters. The first-order chi connectivity index (χ1) is 12.1. The highest BCUT2D eigenvalue weighted by Crippen LogP contribution is 2.28. The van der Waals surface area contributed by atoms with Crippen molar-refractivity contribution in [2.75, 3.05) is 0 Å². The molecule has 2 aromatic carbocycles. The SMILES string of the molecule is CC(Sc1nnc2n(Cc3ccccc3)c3ccccc3n12)C(=O)O. The average Bonchev–Trinajstić information content (AvgIpc) is 3.16. The van der Waals surface area contributed by atoms with Crippen molar-refractivity contribution in [1.82, 2.24) is 19.2 Å². The minimum absolute atomic E-state index is 0.591. The van der Waals surface area contributed by atoms with Gasteiger partial charge in [-0.25, -0.2) is 0 Å². The molecule has 1 atom stereocenters. The molecule has 6 nitrogen and oxygen atoms in total. The van der Waals surface area contributed by atoms with Gasteiger partial charge in [-0.3, -0.25) is 9.20 Å². The van der Waals surface area contributed by atoms with Gasteiger partial charge in [-0.15, -0.1) is 10.2 Å². The quantitative estimate of drug-likeness (QED) is 0.558. The van der Waals surface area contributed by atoms with Crippen molar-refractivity contribution in [1.29, 1.82) is 0 Å². The number of aromatic nitrogens is 4. The molecular formula is C18H16N4O2S. The number of thioether (sulfide) groups is 1. The number of carbonyl (C=O) groups is 1. The Bertz CT molecular complexity index is 1060. The minimum atomic E-state index is -0.866. The van der Waals surface area contributed by atoms with Gasteiger partial charge in [0.1, 0.15) is 5.25 Å². The second-order valence-electron chi connectivity index (χ2n) is 5.78. The number of fused-ring (bicyclic) bond motifs is 3. The zero-order valence-corrected chi connectivity index (χ0v) is 14.3. The van der Waals surface area contributed by atoms with Gasteiger partial charge in [0, 0.05) is 0 Å². The normalized spacial score (nSPS) is 12.7. The molecule has 2 heterocycles. The number of carboxylic acids is 1. The van der Waals surface area contributed by atoms with E-state index in [0.717, 1.165) is 11.0 Å². The Kier molecular flexibility index (Phi) is 3.93. The lowest BCUT2D eigenvalue weighted by Gasteiger charge is -2.04. The van der Waals surface area contributed by atoms with Crippen LogP contribution >= 0.6 is 11.8 Å². The van der Waals surface area contributed by atoms with Gasteiger partial charge in [0.05, 0.1) is 17.6 Å². The zero-order valence-electron chi connectivity index (χ0n) is 13.5. The van der Waals surface area contributed by atoms with Crippen molar-refractivity contribution in [3.05, 3.63) is 60.2 Å². The molecule has 0 aliphatic carbocycles. The van der Waals surface area contributed by atoms with Crippen LogP contribution in [0.3, 0.4) is 0 Å². The van der Waals surface area contributed by atoms with Crippen LogP contribution < -0.4 is 0 Å². The van der Waals surface area contributed by atoms with Crippen LogP contribution in [-0.4, -0.2) is 35.5 Å². The third-order valence-corrected chi connectivity index (χ3v) is 5.11. The van der Waals surface area contributed by atoms with Gasteiger partial charge < -0.3 is 9.67 Å². The van der Waals surface area contributed by atoms with Gasteiger partial charge >= 0.3 is 5.97 Å². The van der Waals surface area contributed by atoms with Crippen LogP contribution in [0.4, 0.5) is 0 Å². The summed E-state index contributed by atoms with van der Waals surface area (Å²) in [5.74, 6) is -0.153. The molecule has 0 amide bonds. The molecule has 0 radical (unpaired) electrons. The van der Waals surface area contributed by atoms with Gasteiger partial charge in [0.15, 0.2) is 5.16 Å². The van der Waals surface area contributed by atoms with Crippen molar-refractivity contribution >= 4 is 34.5 Å². The Labute approximate surface area is 148 Å². The van der Waals surface area contributed by atoms with Gasteiger partial charge in [-0.2, -0.15) is 0 Å². The summed E-state index contributed by atoms with van der Waals surface area (Å²) in [4.78, 5) is 11.2. The average molecular weight is 352 g/mol. The Morgan fingerprint density at radius 2 is 1.76 bits per heavy atom. The van der Waals surface area contributed by atoms with E-state index in [1.54, 1.807) is 6.92 Å². The molecule has 0 bridgehead atoms. The van der Waals surface area contributed by atoms with Crippen molar-refractivity contribution in [2.24, 2.45) is 0 Å². The van der Waals surface area contributed by atoms with Gasteiger partial charge in [-0.05, 0) is 24.6 Å². The molecule has 2 aromatic heterocycles. The number of hydrogen-bond acceptors (Lipinski definition) is 4. The highest BCUT2D eigenvalue weighted by molar-refractivity contribution is 8.00. The van der Waals surface area contributed by atoms with E-state index in [9.17, 15) is 9.90 Å². The fraction of sp³-hybridized carbons (Fsp3) is 0.167. The summed E-state index contributed by atoms with van der Waals surface area (Å²) in [6, 6.07) is 18.2. The lowest BCUT2D eigenvalue weighted by Crippen LogP contribution is -2.11. The highest BCUT2D eigenvalue weighted by Gasteiger charge is 2.21. The fourth-order valence-corrected chi connectivity index (χ4v) is 3.63. The first kappa shape index (κ1) is 15.7. The van der Waals surface area contributed by atoms with Crippen LogP contribution in [0.15, 0.2) is 59.8 Å². The largest absolute Gasteiger partial charge is 0.480 e. The summed E-state index contributed by atoms with van der Waals surface area (Å²) in [6.07, 6.45) is 0. The van der Waals surface area contributed by atoms with E-state index in [1.807, 2.05) is 46.9 Å². The number of para-hydroxylation sites is 2. The molecular weight excluding hydrogens is 336 g/mol. The molecule has 0 aliphatic heterocycles. The topological polar surface area (TPSA) is 72.4 Å². The molecule has 126 valence electrons. The van der Waals surface area contributed by atoms with Crippen LogP contribution in [0, 0.1) is 0 Å². The standard InChI is InChI=1S/C18H16N4O2S/c1-12(16(23)24)25-18-20-19-17-21(11-13-7-3-2-4-8-13)14-9-5-6-10-15(14)22(17)18/h2-10,12H,11H2,1H3,(H,23,24). The molecule has 1 N–H and O–H groups in total. The maximum absolute atomic E-state index is 11.2. The van der Waals surface area contributed by atoms with Crippen LogP contribution in [0.2, 0.25) is 0 Å². The second-order valence-corrected chi connectivity index (χ2v) is 7.08. The van der Waals surface area contributed by atoms with Crippen LogP contribution in [0.25, 0.3) is 16.8 Å². The highest BCUT2D eigenvalue weighted by atomic mass is 32.2. The summed E-state index contributed by atoms with van der Waals surface area (Å²) in [5, 5.41) is 17.7. The van der Waals surface area contributed by atoms with E-state index in [-0.39, 0.29) is 0 Å². The third-order valence-electron chi connectivity index (χ3n) is 4.08. The Morgan fingerprint density at radius 1 is 1.08 bits per heavy atom. The summed E-state index contributed by atoms with van der Waals surface area (Å²) in [5.41, 5.74) is 3.18. The number of carboxylic acid groups (broad SMARTS) is 1. The predicted octanol–water partition coefficient (Wildman–Crippen LogP) is 3.30. The van der Waals surface area contributed by atoms with Crippen LogP contribution in [-0.2, 0) is 11.3 Å². The minimum Gasteiger partial charge on any atom is -0.480 e. The Morgan fingerprint density at radius 3 is 2.48 bits per heavy atom. The molecule has 7 heteroatoms. The number of imidazole rings is 1. The van der Waals surface area contributed by atoms with E-state index in [1.165, 1.54) is 17.3 Å². The van der Waals surface area contributed by atoms with Crippen LogP contribution in [0.1, 0.15) is 12.5 Å². The fourth-order valence-electron chi connectivity index (χ4n) is 2.84. The molecule has 0 aliphatic rings. The van der Waals surface area contributed by atoms with Crippen molar-refractivity contribution in [2.45, 2.75) is 23.9 Å². The van der Waals surface area contributed by atoms with Gasteiger partial charge in [-0.1, -0.05) is 54.2 Å². The lowest BCUT2D eigenvalue weighted by molar-refractivity contribution is -0.136. The molecule has 25 heavy (non-hydrogen) atoms. The smallest absolute Gasteiger partial charge is 0.316 e. The number of hydrogen-bond donors (Lipinski definition) is 1. The Balaban J connectivity index is 1.87. The first-order valence-corrected chi connectivity index (χ1v) is 8.79. The van der Waals surface area contributed by atoms with E-state index >= 15 is 0 Å². The van der Waals surface area contributed by atoms with E-state index in [4.69, 9.17) is 0 Å². The first-order valence-electron chi connectivity index (χ1n) is 7.91. The van der Waals surface area contributed by atoms with E-state index in [2.05, 4.69) is 26.9 Å². The predicted molar refractivity (Wildman–Crippen MR) is 97.0 cm³/mol. The van der Waals surface area contributed by atoms with Crippen molar-refractivity contribution < 1.29 is 9.90 Å². The summed E-state index contributed by atoms with van der Waals surface area (Å²) in [7, 11) is 0. The number of nitrogens with zero attached hydrogens (tertiary/aromatic N) is 4. The number of benzene rings is 2. The zero-order chi connectivity index (χ0) is 17.4.